The predicted octanol–water partition coefficient (Wildman–Crippen LogP) is 2.31. The Hall–Kier alpha value is -2.44. The van der Waals surface area contributed by atoms with E-state index in [9.17, 15) is 4.79 Å². The minimum atomic E-state index is -0.0513. The van der Waals surface area contributed by atoms with Crippen molar-refractivity contribution >= 4 is 17.5 Å². The highest BCUT2D eigenvalue weighted by atomic mass is 35.5. The average molecular weight is 394 g/mol. The molecule has 7 heteroatoms. The van der Waals surface area contributed by atoms with Gasteiger partial charge in [-0.2, -0.15) is 0 Å². The maximum Gasteiger partial charge on any atom is 0.275 e. The zero-order chi connectivity index (χ0) is 19.8. The molecule has 0 saturated heterocycles. The number of carbonyl (C=O) groups excluding carboxylic acids is 1. The number of hydrogen-bond acceptors (Lipinski definition) is 4. The van der Waals surface area contributed by atoms with Crippen molar-refractivity contribution in [1.82, 2.24) is 5.32 Å². The molecule has 0 aliphatic rings. The summed E-state index contributed by atoms with van der Waals surface area (Å²) in [6, 6.07) is 11.4. The van der Waals surface area contributed by atoms with Gasteiger partial charge in [-0.05, 0) is 36.8 Å². The molecule has 146 valence electrons. The van der Waals surface area contributed by atoms with Crippen molar-refractivity contribution in [1.29, 1.82) is 0 Å². The summed E-state index contributed by atoms with van der Waals surface area (Å²) in [5.41, 5.74) is 1.99. The van der Waals surface area contributed by atoms with E-state index in [0.29, 0.717) is 35.4 Å². The molecule has 0 aliphatic carbocycles. The molecular formula is C20H26ClN2O4+. The third-order valence-electron chi connectivity index (χ3n) is 4.27. The molecule has 27 heavy (non-hydrogen) atoms. The molecule has 0 fully saturated rings. The third kappa shape index (κ3) is 5.77. The van der Waals surface area contributed by atoms with Crippen molar-refractivity contribution in [2.75, 3.05) is 27.9 Å². The first-order valence-electron chi connectivity index (χ1n) is 8.62. The van der Waals surface area contributed by atoms with Crippen molar-refractivity contribution in [3.05, 3.63) is 52.5 Å². The lowest BCUT2D eigenvalue weighted by Gasteiger charge is -2.15. The molecule has 2 rings (SSSR count). The van der Waals surface area contributed by atoms with Crippen LogP contribution in [0.4, 0.5) is 0 Å². The fourth-order valence-electron chi connectivity index (χ4n) is 2.70. The highest BCUT2D eigenvalue weighted by molar-refractivity contribution is 6.30. The quantitative estimate of drug-likeness (QED) is 0.685. The molecule has 3 N–H and O–H groups in total. The lowest BCUT2D eigenvalue weighted by Crippen LogP contribution is -2.87. The highest BCUT2D eigenvalue weighted by Gasteiger charge is 2.15. The number of methoxy groups -OCH3 is 3. The SMILES string of the molecule is COc1cc(CNC(=O)C[NH2+][C@H](C)c2ccc(Cl)cc2)cc(OC)c1OC. The first-order chi connectivity index (χ1) is 13.0. The first kappa shape index (κ1) is 20.9. The largest absolute Gasteiger partial charge is 0.493 e. The zero-order valence-electron chi connectivity index (χ0n) is 16.0. The Kier molecular flexibility index (Phi) is 7.76. The predicted molar refractivity (Wildman–Crippen MR) is 105 cm³/mol. The fourth-order valence-corrected chi connectivity index (χ4v) is 2.82. The van der Waals surface area contributed by atoms with E-state index < -0.39 is 0 Å². The molecule has 0 aliphatic heterocycles. The van der Waals surface area contributed by atoms with Crippen LogP contribution in [0.5, 0.6) is 17.2 Å². The van der Waals surface area contributed by atoms with Crippen LogP contribution in [0.1, 0.15) is 24.1 Å². The van der Waals surface area contributed by atoms with Gasteiger partial charge in [-0.3, -0.25) is 4.79 Å². The monoisotopic (exact) mass is 393 g/mol. The Balaban J connectivity index is 1.90. The number of carbonyl (C=O) groups is 1. The molecule has 0 radical (unpaired) electrons. The number of ether oxygens (including phenoxy) is 3. The maximum atomic E-state index is 12.2. The topological polar surface area (TPSA) is 73.4 Å². The van der Waals surface area contributed by atoms with Crippen LogP contribution in [-0.2, 0) is 11.3 Å². The Bertz CT molecular complexity index is 740. The number of nitrogens with two attached hydrogens (primary N) is 1. The standard InChI is InChI=1S/C20H25ClN2O4/c1-13(15-5-7-16(21)8-6-15)22-12-19(24)23-11-14-9-17(25-2)20(27-4)18(10-14)26-3/h5-10,13,22H,11-12H2,1-4H3,(H,23,24)/p+1/t13-/m1/s1. The summed E-state index contributed by atoms with van der Waals surface area (Å²) in [4.78, 5) is 12.2. The summed E-state index contributed by atoms with van der Waals surface area (Å²) in [6.07, 6.45) is 0. The van der Waals surface area contributed by atoms with E-state index in [1.807, 2.05) is 41.7 Å². The molecule has 6 nitrogen and oxygen atoms in total. The molecule has 0 bridgehead atoms. The molecule has 0 heterocycles. The van der Waals surface area contributed by atoms with Crippen LogP contribution in [0.3, 0.4) is 0 Å². The lowest BCUT2D eigenvalue weighted by atomic mass is 10.1. The van der Waals surface area contributed by atoms with Crippen molar-refractivity contribution in [3.8, 4) is 17.2 Å². The Morgan fingerprint density at radius 3 is 2.19 bits per heavy atom. The van der Waals surface area contributed by atoms with Gasteiger partial charge in [0.15, 0.2) is 18.0 Å². The van der Waals surface area contributed by atoms with E-state index in [1.165, 1.54) is 0 Å². The van der Waals surface area contributed by atoms with E-state index in [-0.39, 0.29) is 11.9 Å². The highest BCUT2D eigenvalue weighted by Crippen LogP contribution is 2.38. The Morgan fingerprint density at radius 2 is 1.67 bits per heavy atom. The second-order valence-corrected chi connectivity index (χ2v) is 6.53. The molecule has 0 saturated carbocycles. The van der Waals surface area contributed by atoms with Crippen molar-refractivity contribution in [2.45, 2.75) is 19.5 Å². The van der Waals surface area contributed by atoms with E-state index >= 15 is 0 Å². The van der Waals surface area contributed by atoms with E-state index in [2.05, 4.69) is 12.2 Å². The van der Waals surface area contributed by atoms with Gasteiger partial charge in [0.05, 0.1) is 21.3 Å². The van der Waals surface area contributed by atoms with E-state index in [0.717, 1.165) is 11.1 Å². The maximum absolute atomic E-state index is 12.2. The molecule has 1 atom stereocenters. The number of halogens is 1. The van der Waals surface area contributed by atoms with E-state index in [1.54, 1.807) is 21.3 Å². The van der Waals surface area contributed by atoms with Gasteiger partial charge in [0, 0.05) is 17.1 Å². The minimum absolute atomic E-state index is 0.0513. The second-order valence-electron chi connectivity index (χ2n) is 6.09. The molecule has 2 aromatic carbocycles. The summed E-state index contributed by atoms with van der Waals surface area (Å²) in [5.74, 6) is 1.60. The first-order valence-corrected chi connectivity index (χ1v) is 9.00. The van der Waals surface area contributed by atoms with Crippen LogP contribution in [0.15, 0.2) is 36.4 Å². The number of nitrogens with one attached hydrogen (secondary N) is 1. The van der Waals surface area contributed by atoms with E-state index in [4.69, 9.17) is 25.8 Å². The lowest BCUT2D eigenvalue weighted by molar-refractivity contribution is -0.682. The van der Waals surface area contributed by atoms with Gasteiger partial charge in [0.2, 0.25) is 5.75 Å². The van der Waals surface area contributed by atoms with Gasteiger partial charge in [-0.25, -0.2) is 0 Å². The van der Waals surface area contributed by atoms with Gasteiger partial charge in [-0.15, -0.1) is 0 Å². The second kappa shape index (κ2) is 10.0. The smallest absolute Gasteiger partial charge is 0.275 e. The number of quaternary nitrogens is 1. The number of hydrogen-bond donors (Lipinski definition) is 2. The Morgan fingerprint density at radius 1 is 1.07 bits per heavy atom. The number of rotatable bonds is 9. The molecule has 0 aromatic heterocycles. The van der Waals surface area contributed by atoms with Crippen LogP contribution in [0.25, 0.3) is 0 Å². The Labute approximate surface area is 164 Å². The molecule has 1 amide bonds. The van der Waals surface area contributed by atoms with Crippen LogP contribution >= 0.6 is 11.6 Å². The molecule has 2 aromatic rings. The molecule has 0 spiro atoms. The molecule has 0 unspecified atom stereocenters. The van der Waals surface area contributed by atoms with Crippen LogP contribution in [0.2, 0.25) is 5.02 Å². The van der Waals surface area contributed by atoms with Crippen molar-refractivity contribution < 1.29 is 24.3 Å². The summed E-state index contributed by atoms with van der Waals surface area (Å²) in [6.45, 7) is 2.75. The van der Waals surface area contributed by atoms with Crippen LogP contribution < -0.4 is 24.8 Å². The summed E-state index contributed by atoms with van der Waals surface area (Å²) < 4.78 is 16.0. The summed E-state index contributed by atoms with van der Waals surface area (Å²) >= 11 is 5.91. The van der Waals surface area contributed by atoms with Crippen molar-refractivity contribution in [2.24, 2.45) is 0 Å². The fraction of sp³-hybridized carbons (Fsp3) is 0.350. The third-order valence-corrected chi connectivity index (χ3v) is 4.52. The van der Waals surface area contributed by atoms with Crippen LogP contribution in [-0.4, -0.2) is 33.8 Å². The number of amides is 1. The molecular weight excluding hydrogens is 368 g/mol. The average Bonchev–Trinajstić information content (AvgIpc) is 2.69. The van der Waals surface area contributed by atoms with Crippen molar-refractivity contribution in [3.63, 3.8) is 0 Å². The van der Waals surface area contributed by atoms with Gasteiger partial charge < -0.3 is 24.8 Å². The van der Waals surface area contributed by atoms with Crippen LogP contribution in [0, 0.1) is 0 Å². The minimum Gasteiger partial charge on any atom is -0.493 e. The van der Waals surface area contributed by atoms with Gasteiger partial charge in [-0.1, -0.05) is 23.7 Å². The van der Waals surface area contributed by atoms with Gasteiger partial charge >= 0.3 is 0 Å². The number of benzene rings is 2. The summed E-state index contributed by atoms with van der Waals surface area (Å²) in [5, 5.41) is 5.59. The normalized spacial score (nSPS) is 11.6. The zero-order valence-corrected chi connectivity index (χ0v) is 16.8. The summed E-state index contributed by atoms with van der Waals surface area (Å²) in [7, 11) is 4.68. The van der Waals surface area contributed by atoms with Gasteiger partial charge in [0.1, 0.15) is 6.04 Å². The van der Waals surface area contributed by atoms with Gasteiger partial charge in [0.25, 0.3) is 5.91 Å².